The van der Waals surface area contributed by atoms with E-state index in [1.807, 2.05) is 36.4 Å². The largest absolute Gasteiger partial charge is 0.338 e. The van der Waals surface area contributed by atoms with E-state index in [0.717, 1.165) is 12.1 Å². The summed E-state index contributed by atoms with van der Waals surface area (Å²) >= 11 is 0. The molecule has 2 N–H and O–H groups in total. The lowest BCUT2D eigenvalue weighted by Gasteiger charge is -2.40. The average Bonchev–Trinajstić information content (AvgIpc) is 2.87. The number of nitrogens with zero attached hydrogens (tertiary/aromatic N) is 2. The van der Waals surface area contributed by atoms with E-state index in [1.165, 1.54) is 11.1 Å². The minimum atomic E-state index is -0.887. The summed E-state index contributed by atoms with van der Waals surface area (Å²) in [6, 6.07) is 22.0. The zero-order valence-electron chi connectivity index (χ0n) is 19.5. The Morgan fingerprint density at radius 3 is 1.94 bits per heavy atom. The summed E-state index contributed by atoms with van der Waals surface area (Å²) in [5, 5.41) is 4.85. The topological polar surface area (TPSA) is 64.7 Å². The third kappa shape index (κ3) is 6.02. The third-order valence-corrected chi connectivity index (χ3v) is 6.12. The minimum Gasteiger partial charge on any atom is -0.338 e. The maximum atomic E-state index is 13.8. The van der Waals surface area contributed by atoms with E-state index < -0.39 is 23.7 Å². The second-order valence-electron chi connectivity index (χ2n) is 8.53. The van der Waals surface area contributed by atoms with Crippen LogP contribution in [-0.4, -0.2) is 54.0 Å². The molecular formula is C27H28F2N4O2. The quantitative estimate of drug-likeness (QED) is 0.552. The summed E-state index contributed by atoms with van der Waals surface area (Å²) in [5.41, 5.74) is 2.22. The van der Waals surface area contributed by atoms with Crippen LogP contribution in [0.4, 0.5) is 19.3 Å². The molecule has 3 aromatic carbocycles. The molecule has 3 amide bonds. The Balaban J connectivity index is 1.35. The minimum absolute atomic E-state index is 0.0848. The number of amides is 3. The first-order chi connectivity index (χ1) is 16.9. The number of nitrogens with one attached hydrogen (secondary N) is 2. The van der Waals surface area contributed by atoms with Crippen LogP contribution in [-0.2, 0) is 4.79 Å². The van der Waals surface area contributed by atoms with Crippen LogP contribution in [0.15, 0.2) is 78.9 Å². The van der Waals surface area contributed by atoms with Crippen molar-refractivity contribution < 1.29 is 18.4 Å². The van der Waals surface area contributed by atoms with Gasteiger partial charge in [0.15, 0.2) is 0 Å². The number of benzene rings is 3. The molecule has 1 heterocycles. The van der Waals surface area contributed by atoms with Crippen LogP contribution in [0.2, 0.25) is 0 Å². The summed E-state index contributed by atoms with van der Waals surface area (Å²) < 4.78 is 26.8. The van der Waals surface area contributed by atoms with Crippen LogP contribution in [0.3, 0.4) is 0 Å². The van der Waals surface area contributed by atoms with Crippen molar-refractivity contribution in [2.45, 2.75) is 19.0 Å². The summed E-state index contributed by atoms with van der Waals surface area (Å²) in [5.74, 6) is -1.84. The molecule has 4 rings (SSSR count). The van der Waals surface area contributed by atoms with E-state index in [0.29, 0.717) is 32.2 Å². The number of urea groups is 1. The van der Waals surface area contributed by atoms with E-state index in [4.69, 9.17) is 0 Å². The molecule has 1 unspecified atom stereocenters. The van der Waals surface area contributed by atoms with Crippen molar-refractivity contribution in [1.82, 2.24) is 15.1 Å². The molecule has 0 radical (unpaired) electrons. The Bertz CT molecular complexity index is 1110. The highest BCUT2D eigenvalue weighted by atomic mass is 19.1. The number of halogens is 2. The summed E-state index contributed by atoms with van der Waals surface area (Å²) in [6.45, 7) is 4.00. The zero-order valence-corrected chi connectivity index (χ0v) is 19.5. The molecule has 6 nitrogen and oxygen atoms in total. The molecule has 3 aromatic rings. The monoisotopic (exact) mass is 478 g/mol. The van der Waals surface area contributed by atoms with Gasteiger partial charge in [-0.05, 0) is 30.2 Å². The second-order valence-corrected chi connectivity index (χ2v) is 8.53. The highest BCUT2D eigenvalue weighted by Gasteiger charge is 2.30. The molecule has 182 valence electrons. The lowest BCUT2D eigenvalue weighted by atomic mass is 9.96. The van der Waals surface area contributed by atoms with Crippen molar-refractivity contribution in [3.05, 3.63) is 102 Å². The maximum Gasteiger partial charge on any atom is 0.319 e. The fourth-order valence-electron chi connectivity index (χ4n) is 4.37. The Morgan fingerprint density at radius 2 is 1.40 bits per heavy atom. The normalized spacial score (nSPS) is 15.0. The first-order valence-corrected chi connectivity index (χ1v) is 11.6. The first kappa shape index (κ1) is 24.3. The fraction of sp³-hybridized carbons (Fsp3) is 0.259. The number of rotatable bonds is 6. The van der Waals surface area contributed by atoms with Crippen molar-refractivity contribution in [3.63, 3.8) is 0 Å². The molecule has 1 aliphatic rings. The van der Waals surface area contributed by atoms with E-state index in [2.05, 4.69) is 39.8 Å². The smallest absolute Gasteiger partial charge is 0.319 e. The third-order valence-electron chi connectivity index (χ3n) is 6.12. The highest BCUT2D eigenvalue weighted by Crippen LogP contribution is 2.29. The van der Waals surface area contributed by atoms with Crippen molar-refractivity contribution in [2.75, 3.05) is 31.5 Å². The van der Waals surface area contributed by atoms with Gasteiger partial charge in [0.2, 0.25) is 5.91 Å². The first-order valence-electron chi connectivity index (χ1n) is 11.6. The average molecular weight is 479 g/mol. The standard InChI is InChI=1S/C27H28F2N4O2/c1-19(30-27(35)31-24-13-12-22(28)18-23(24)29)26(34)33-16-14-32(15-17-33)25(20-8-4-2-5-9-20)21-10-6-3-7-11-21/h2-13,18-19,25H,14-17H2,1H3,(H2,30,31,35). The van der Waals surface area contributed by atoms with Gasteiger partial charge < -0.3 is 15.5 Å². The van der Waals surface area contributed by atoms with Crippen molar-refractivity contribution in [1.29, 1.82) is 0 Å². The Hall–Kier alpha value is -3.78. The van der Waals surface area contributed by atoms with E-state index in [9.17, 15) is 18.4 Å². The van der Waals surface area contributed by atoms with Crippen LogP contribution < -0.4 is 10.6 Å². The number of hydrogen-bond donors (Lipinski definition) is 2. The molecular weight excluding hydrogens is 450 g/mol. The van der Waals surface area contributed by atoms with Gasteiger partial charge in [0, 0.05) is 32.2 Å². The van der Waals surface area contributed by atoms with Crippen molar-refractivity contribution in [3.8, 4) is 0 Å². The van der Waals surface area contributed by atoms with Crippen molar-refractivity contribution in [2.24, 2.45) is 0 Å². The molecule has 0 spiro atoms. The SMILES string of the molecule is CC(NC(=O)Nc1ccc(F)cc1F)C(=O)N1CCN(C(c2ccccc2)c2ccccc2)CC1. The number of hydrogen-bond acceptors (Lipinski definition) is 3. The summed E-state index contributed by atoms with van der Waals surface area (Å²) in [7, 11) is 0. The van der Waals surface area contributed by atoms with Crippen LogP contribution in [0.25, 0.3) is 0 Å². The van der Waals surface area contributed by atoms with Gasteiger partial charge in [0.1, 0.15) is 17.7 Å². The van der Waals surface area contributed by atoms with Gasteiger partial charge >= 0.3 is 6.03 Å². The van der Waals surface area contributed by atoms with Crippen LogP contribution in [0.5, 0.6) is 0 Å². The summed E-state index contributed by atoms with van der Waals surface area (Å²) in [6.07, 6.45) is 0. The molecule has 0 aliphatic carbocycles. The second kappa shape index (κ2) is 11.1. The van der Waals surface area contributed by atoms with Gasteiger partial charge in [0.05, 0.1) is 11.7 Å². The van der Waals surface area contributed by atoms with Gasteiger partial charge in [-0.25, -0.2) is 13.6 Å². The van der Waals surface area contributed by atoms with Gasteiger partial charge in [-0.2, -0.15) is 0 Å². The van der Waals surface area contributed by atoms with Gasteiger partial charge in [0.25, 0.3) is 0 Å². The number of carbonyl (C=O) groups is 2. The molecule has 1 atom stereocenters. The van der Waals surface area contributed by atoms with Gasteiger partial charge in [-0.1, -0.05) is 60.7 Å². The molecule has 1 aliphatic heterocycles. The molecule has 1 fully saturated rings. The Labute approximate surface area is 203 Å². The van der Waals surface area contributed by atoms with E-state index in [1.54, 1.807) is 11.8 Å². The molecule has 8 heteroatoms. The predicted molar refractivity (Wildman–Crippen MR) is 131 cm³/mol. The maximum absolute atomic E-state index is 13.8. The van der Waals surface area contributed by atoms with Crippen LogP contribution in [0.1, 0.15) is 24.1 Å². The zero-order chi connectivity index (χ0) is 24.8. The summed E-state index contributed by atoms with van der Waals surface area (Å²) in [4.78, 5) is 29.3. The molecule has 0 bridgehead atoms. The number of anilines is 1. The number of carbonyl (C=O) groups excluding carboxylic acids is 2. The number of piperazine rings is 1. The molecule has 1 saturated heterocycles. The van der Waals surface area contributed by atoms with Gasteiger partial charge in [-0.15, -0.1) is 0 Å². The molecule has 35 heavy (non-hydrogen) atoms. The Morgan fingerprint density at radius 1 is 0.829 bits per heavy atom. The predicted octanol–water partition coefficient (Wildman–Crippen LogP) is 4.41. The van der Waals surface area contributed by atoms with Gasteiger partial charge in [-0.3, -0.25) is 9.69 Å². The highest BCUT2D eigenvalue weighted by molar-refractivity contribution is 5.93. The van der Waals surface area contributed by atoms with Crippen LogP contribution >= 0.6 is 0 Å². The molecule has 0 saturated carbocycles. The lowest BCUT2D eigenvalue weighted by Crippen LogP contribution is -2.55. The molecule has 0 aromatic heterocycles. The van der Waals surface area contributed by atoms with E-state index in [-0.39, 0.29) is 17.6 Å². The fourth-order valence-corrected chi connectivity index (χ4v) is 4.37. The Kier molecular flexibility index (Phi) is 7.72. The van der Waals surface area contributed by atoms with E-state index >= 15 is 0 Å². The lowest BCUT2D eigenvalue weighted by molar-refractivity contribution is -0.134. The van der Waals surface area contributed by atoms with Crippen molar-refractivity contribution >= 4 is 17.6 Å². The van der Waals surface area contributed by atoms with Crippen LogP contribution in [0, 0.1) is 11.6 Å².